The first kappa shape index (κ1) is 15.1. The Bertz CT molecular complexity index is 595. The molecule has 0 fully saturated rings. The summed E-state index contributed by atoms with van der Waals surface area (Å²) in [5.74, 6) is -1.19. The van der Waals surface area contributed by atoms with Crippen LogP contribution in [0.5, 0.6) is 0 Å². The molecule has 108 valence electrons. The van der Waals surface area contributed by atoms with Gasteiger partial charge in [0, 0.05) is 10.4 Å². The number of aromatic nitrogens is 1. The Hall–Kier alpha value is -1.33. The molecule has 1 aromatic heterocycles. The van der Waals surface area contributed by atoms with Crippen molar-refractivity contribution in [2.75, 3.05) is 0 Å². The second kappa shape index (κ2) is 5.58. The first-order chi connectivity index (χ1) is 9.34. The molecule has 0 aliphatic rings. The lowest BCUT2D eigenvalue weighted by molar-refractivity contribution is 0.557. The molecule has 1 heterocycles. The van der Waals surface area contributed by atoms with Crippen LogP contribution in [0.25, 0.3) is 10.6 Å². The fourth-order valence-corrected chi connectivity index (χ4v) is 3.25. The van der Waals surface area contributed by atoms with Crippen molar-refractivity contribution in [2.45, 2.75) is 39.2 Å². The lowest BCUT2D eigenvalue weighted by atomic mass is 10.0. The molecular formula is C15H18F2N2S. The molecule has 5 heteroatoms. The third kappa shape index (κ3) is 2.88. The number of nitrogens with two attached hydrogens (primary N) is 1. The van der Waals surface area contributed by atoms with E-state index in [9.17, 15) is 8.78 Å². The van der Waals surface area contributed by atoms with Crippen molar-refractivity contribution in [3.05, 3.63) is 40.4 Å². The molecule has 2 nitrogen and oxygen atoms in total. The molecule has 2 aromatic rings. The molecule has 1 aromatic carbocycles. The Balaban J connectivity index is 2.59. The molecule has 0 aliphatic heterocycles. The molecule has 2 N–H and O–H groups in total. The number of nitrogens with zero attached hydrogens (tertiary/aromatic N) is 1. The molecule has 0 aliphatic carbocycles. The van der Waals surface area contributed by atoms with Gasteiger partial charge in [-0.25, -0.2) is 13.8 Å². The van der Waals surface area contributed by atoms with Gasteiger partial charge in [0.25, 0.3) is 0 Å². The second-order valence-corrected chi connectivity index (χ2v) is 6.36. The van der Waals surface area contributed by atoms with Crippen LogP contribution in [0.4, 0.5) is 8.78 Å². The van der Waals surface area contributed by atoms with Gasteiger partial charge in [-0.05, 0) is 32.4 Å². The highest BCUT2D eigenvalue weighted by atomic mass is 32.1. The van der Waals surface area contributed by atoms with Gasteiger partial charge in [0.05, 0.1) is 11.3 Å². The number of rotatable bonds is 4. The summed E-state index contributed by atoms with van der Waals surface area (Å²) in [6, 6.07) is 3.83. The summed E-state index contributed by atoms with van der Waals surface area (Å²) in [5.41, 5.74) is 6.34. The summed E-state index contributed by atoms with van der Waals surface area (Å²) in [5, 5.41) is 0.359. The van der Waals surface area contributed by atoms with Crippen LogP contribution in [0.1, 0.15) is 37.8 Å². The largest absolute Gasteiger partial charge is 0.321 e. The van der Waals surface area contributed by atoms with Gasteiger partial charge in [0.15, 0.2) is 0 Å². The SMILES string of the molecule is CCCc1nc(-c2c(F)cccc2F)sc1C(C)(C)N. The van der Waals surface area contributed by atoms with Gasteiger partial charge in [-0.3, -0.25) is 0 Å². The van der Waals surface area contributed by atoms with Gasteiger partial charge in [-0.1, -0.05) is 19.4 Å². The quantitative estimate of drug-likeness (QED) is 0.916. The lowest BCUT2D eigenvalue weighted by Gasteiger charge is -2.17. The van der Waals surface area contributed by atoms with E-state index in [1.165, 1.54) is 29.5 Å². The van der Waals surface area contributed by atoms with Crippen molar-refractivity contribution in [3.8, 4) is 10.6 Å². The first-order valence-corrected chi connectivity index (χ1v) is 7.39. The summed E-state index contributed by atoms with van der Waals surface area (Å²) in [6.45, 7) is 5.79. The minimum absolute atomic E-state index is 0.0645. The molecular weight excluding hydrogens is 278 g/mol. The molecule has 0 saturated heterocycles. The molecule has 0 radical (unpaired) electrons. The Labute approximate surface area is 121 Å². The van der Waals surface area contributed by atoms with Crippen LogP contribution in [0, 0.1) is 11.6 Å². The van der Waals surface area contributed by atoms with Crippen molar-refractivity contribution in [1.82, 2.24) is 4.98 Å². The minimum atomic E-state index is -0.594. The number of thiazole rings is 1. The van der Waals surface area contributed by atoms with Gasteiger partial charge >= 0.3 is 0 Å². The van der Waals surface area contributed by atoms with E-state index in [0.29, 0.717) is 5.01 Å². The smallest absolute Gasteiger partial charge is 0.136 e. The lowest BCUT2D eigenvalue weighted by Crippen LogP contribution is -2.28. The fourth-order valence-electron chi connectivity index (χ4n) is 2.07. The van der Waals surface area contributed by atoms with Gasteiger partial charge in [-0.2, -0.15) is 0 Å². The molecule has 0 amide bonds. The number of hydrogen-bond donors (Lipinski definition) is 1. The van der Waals surface area contributed by atoms with Crippen LogP contribution in [0.3, 0.4) is 0 Å². The molecule has 0 bridgehead atoms. The van der Waals surface area contributed by atoms with Crippen LogP contribution in [-0.2, 0) is 12.0 Å². The van der Waals surface area contributed by atoms with Crippen molar-refractivity contribution in [1.29, 1.82) is 0 Å². The zero-order valence-electron chi connectivity index (χ0n) is 11.8. The highest BCUT2D eigenvalue weighted by Crippen LogP contribution is 2.36. The summed E-state index contributed by atoms with van der Waals surface area (Å²) < 4.78 is 27.7. The van der Waals surface area contributed by atoms with Crippen LogP contribution in [0.2, 0.25) is 0 Å². The second-order valence-electron chi connectivity index (χ2n) is 5.36. The number of hydrogen-bond acceptors (Lipinski definition) is 3. The number of benzene rings is 1. The zero-order valence-corrected chi connectivity index (χ0v) is 12.7. The molecule has 0 spiro atoms. The van der Waals surface area contributed by atoms with E-state index < -0.39 is 17.2 Å². The maximum absolute atomic E-state index is 13.9. The fraction of sp³-hybridized carbons (Fsp3) is 0.400. The van der Waals surface area contributed by atoms with E-state index in [1.54, 1.807) is 0 Å². The third-order valence-corrected chi connectivity index (χ3v) is 4.40. The van der Waals surface area contributed by atoms with E-state index in [-0.39, 0.29) is 5.56 Å². The Morgan fingerprint density at radius 3 is 2.35 bits per heavy atom. The maximum Gasteiger partial charge on any atom is 0.136 e. The van der Waals surface area contributed by atoms with Crippen molar-refractivity contribution in [2.24, 2.45) is 5.73 Å². The average Bonchev–Trinajstić information content (AvgIpc) is 2.73. The standard InChI is InChI=1S/C15H18F2N2S/c1-4-6-11-13(15(2,3)18)20-14(19-11)12-9(16)7-5-8-10(12)17/h5,7-8H,4,6,18H2,1-3H3. The topological polar surface area (TPSA) is 38.9 Å². The predicted molar refractivity (Wildman–Crippen MR) is 78.7 cm³/mol. The summed E-state index contributed by atoms with van der Waals surface area (Å²) in [7, 11) is 0. The van der Waals surface area contributed by atoms with E-state index in [1.807, 2.05) is 20.8 Å². The normalized spacial score (nSPS) is 11.9. The summed E-state index contributed by atoms with van der Waals surface area (Å²) in [6.07, 6.45) is 1.66. The minimum Gasteiger partial charge on any atom is -0.321 e. The van der Waals surface area contributed by atoms with Gasteiger partial charge in [0.1, 0.15) is 16.6 Å². The van der Waals surface area contributed by atoms with Crippen molar-refractivity contribution in [3.63, 3.8) is 0 Å². The third-order valence-electron chi connectivity index (χ3n) is 2.95. The highest BCUT2D eigenvalue weighted by molar-refractivity contribution is 7.15. The van der Waals surface area contributed by atoms with E-state index in [4.69, 9.17) is 5.73 Å². The molecule has 20 heavy (non-hydrogen) atoms. The number of halogens is 2. The maximum atomic E-state index is 13.9. The van der Waals surface area contributed by atoms with Crippen LogP contribution < -0.4 is 5.73 Å². The Kier molecular flexibility index (Phi) is 4.20. The van der Waals surface area contributed by atoms with Crippen molar-refractivity contribution < 1.29 is 8.78 Å². The van der Waals surface area contributed by atoms with E-state index >= 15 is 0 Å². The molecule has 2 rings (SSSR count). The Morgan fingerprint density at radius 1 is 1.25 bits per heavy atom. The first-order valence-electron chi connectivity index (χ1n) is 6.58. The van der Waals surface area contributed by atoms with Gasteiger partial charge in [-0.15, -0.1) is 11.3 Å². The van der Waals surface area contributed by atoms with Crippen LogP contribution in [0.15, 0.2) is 18.2 Å². The monoisotopic (exact) mass is 296 g/mol. The predicted octanol–water partition coefficient (Wildman–Crippen LogP) is 4.23. The van der Waals surface area contributed by atoms with E-state index in [0.717, 1.165) is 23.4 Å². The molecule has 0 unspecified atom stereocenters. The summed E-state index contributed by atoms with van der Waals surface area (Å²) >= 11 is 1.27. The van der Waals surface area contributed by atoms with E-state index in [2.05, 4.69) is 4.98 Å². The molecule has 0 saturated carbocycles. The van der Waals surface area contributed by atoms with Crippen LogP contribution in [-0.4, -0.2) is 4.98 Å². The number of aryl methyl sites for hydroxylation is 1. The molecule has 0 atom stereocenters. The van der Waals surface area contributed by atoms with Crippen molar-refractivity contribution >= 4 is 11.3 Å². The van der Waals surface area contributed by atoms with Crippen LogP contribution >= 0.6 is 11.3 Å². The van der Waals surface area contributed by atoms with Gasteiger partial charge < -0.3 is 5.73 Å². The average molecular weight is 296 g/mol. The summed E-state index contributed by atoms with van der Waals surface area (Å²) in [4.78, 5) is 5.30. The van der Waals surface area contributed by atoms with Gasteiger partial charge in [0.2, 0.25) is 0 Å². The zero-order chi connectivity index (χ0) is 14.9. The highest BCUT2D eigenvalue weighted by Gasteiger charge is 2.25. The Morgan fingerprint density at radius 2 is 1.85 bits per heavy atom.